The van der Waals surface area contributed by atoms with E-state index in [1.165, 1.54) is 18.9 Å². The monoisotopic (exact) mass is 341 g/mol. The van der Waals surface area contributed by atoms with Crippen molar-refractivity contribution in [2.24, 2.45) is 5.92 Å². The van der Waals surface area contributed by atoms with Crippen LogP contribution in [0, 0.1) is 11.7 Å². The van der Waals surface area contributed by atoms with E-state index >= 15 is 0 Å². The summed E-state index contributed by atoms with van der Waals surface area (Å²) in [5.74, 6) is 0.118. The molecule has 0 aromatic heterocycles. The molecule has 1 aromatic rings. The Labute approximate surface area is 128 Å². The lowest BCUT2D eigenvalue weighted by Gasteiger charge is -2.30. The third-order valence-electron chi connectivity index (χ3n) is 3.75. The summed E-state index contributed by atoms with van der Waals surface area (Å²) < 4.78 is 13.6. The smallest absolute Gasteiger partial charge is 0.254 e. The molecule has 0 heterocycles. The number of hydrogen-bond donors (Lipinski definition) is 0. The summed E-state index contributed by atoms with van der Waals surface area (Å²) in [6, 6.07) is 4.85. The van der Waals surface area contributed by atoms with Crippen LogP contribution in [0.2, 0.25) is 0 Å². The van der Waals surface area contributed by atoms with E-state index < -0.39 is 0 Å². The molecule has 0 aliphatic heterocycles. The molecule has 0 saturated heterocycles. The molecule has 0 unspecified atom stereocenters. The van der Waals surface area contributed by atoms with Crippen LogP contribution in [0.4, 0.5) is 4.39 Å². The predicted molar refractivity (Wildman–Crippen MR) is 82.2 cm³/mol. The molecule has 0 atom stereocenters. The summed E-state index contributed by atoms with van der Waals surface area (Å²) in [5.41, 5.74) is 0.561. The quantitative estimate of drug-likeness (QED) is 0.781. The molecule has 0 radical (unpaired) electrons. The first-order chi connectivity index (χ1) is 9.49. The zero-order chi connectivity index (χ0) is 14.7. The minimum absolute atomic E-state index is 0.0197. The van der Waals surface area contributed by atoms with Crippen molar-refractivity contribution in [1.29, 1.82) is 0 Å². The molecule has 20 heavy (non-hydrogen) atoms. The Morgan fingerprint density at radius 2 is 2.05 bits per heavy atom. The number of benzene rings is 1. The highest BCUT2D eigenvalue weighted by Gasteiger charge is 2.28. The Morgan fingerprint density at radius 3 is 2.60 bits per heavy atom. The van der Waals surface area contributed by atoms with Crippen LogP contribution < -0.4 is 0 Å². The van der Waals surface area contributed by atoms with E-state index in [9.17, 15) is 9.18 Å². The van der Waals surface area contributed by atoms with Gasteiger partial charge in [0.1, 0.15) is 5.82 Å². The van der Waals surface area contributed by atoms with E-state index in [-0.39, 0.29) is 11.7 Å². The number of halogens is 2. The maximum atomic E-state index is 13.3. The standard InChI is InChI=1S/C16H21BrFNO/c1-11(2)10-19(13-5-3-4-6-13)16(20)12-7-8-15(18)14(17)9-12/h7-9,11,13H,3-6,10H2,1-2H3. The first-order valence-corrected chi connectivity index (χ1v) is 8.04. The Morgan fingerprint density at radius 1 is 1.40 bits per heavy atom. The molecule has 1 aliphatic rings. The average molecular weight is 342 g/mol. The first-order valence-electron chi connectivity index (χ1n) is 7.25. The fourth-order valence-corrected chi connectivity index (χ4v) is 3.18. The van der Waals surface area contributed by atoms with Gasteiger partial charge < -0.3 is 4.90 Å². The van der Waals surface area contributed by atoms with E-state index in [0.29, 0.717) is 22.0 Å². The number of nitrogens with zero attached hydrogens (tertiary/aromatic N) is 1. The molecule has 0 N–H and O–H groups in total. The molecule has 1 amide bonds. The number of carbonyl (C=O) groups is 1. The van der Waals surface area contributed by atoms with Gasteiger partial charge in [0.15, 0.2) is 0 Å². The van der Waals surface area contributed by atoms with Crippen molar-refractivity contribution in [2.75, 3.05) is 6.54 Å². The Hall–Kier alpha value is -0.900. The highest BCUT2D eigenvalue weighted by Crippen LogP contribution is 2.26. The van der Waals surface area contributed by atoms with Gasteiger partial charge in [0.2, 0.25) is 0 Å². The second kappa shape index (κ2) is 6.70. The third kappa shape index (κ3) is 3.60. The van der Waals surface area contributed by atoms with Gasteiger partial charge in [0.25, 0.3) is 5.91 Å². The van der Waals surface area contributed by atoms with Gasteiger partial charge in [-0.1, -0.05) is 26.7 Å². The van der Waals surface area contributed by atoms with Gasteiger partial charge in [-0.05, 0) is 52.9 Å². The van der Waals surface area contributed by atoms with Gasteiger partial charge in [-0.15, -0.1) is 0 Å². The molecule has 1 aromatic carbocycles. The zero-order valence-electron chi connectivity index (χ0n) is 12.0. The van der Waals surface area contributed by atoms with Crippen molar-refractivity contribution in [3.63, 3.8) is 0 Å². The Bertz CT molecular complexity index is 483. The number of rotatable bonds is 4. The van der Waals surface area contributed by atoms with Gasteiger partial charge in [-0.2, -0.15) is 0 Å². The second-order valence-electron chi connectivity index (χ2n) is 5.92. The molecule has 0 bridgehead atoms. The fourth-order valence-electron chi connectivity index (χ4n) is 2.80. The SMILES string of the molecule is CC(C)CN(C(=O)c1ccc(F)c(Br)c1)C1CCCC1. The summed E-state index contributed by atoms with van der Waals surface area (Å²) in [5, 5.41) is 0. The molecular weight excluding hydrogens is 321 g/mol. The number of hydrogen-bond acceptors (Lipinski definition) is 1. The van der Waals surface area contributed by atoms with E-state index in [2.05, 4.69) is 29.8 Å². The molecule has 1 fully saturated rings. The minimum Gasteiger partial charge on any atom is -0.335 e. The molecular formula is C16H21BrFNO. The Balaban J connectivity index is 2.22. The van der Waals surface area contributed by atoms with E-state index in [1.54, 1.807) is 12.1 Å². The third-order valence-corrected chi connectivity index (χ3v) is 4.36. The van der Waals surface area contributed by atoms with Crippen LogP contribution in [0.3, 0.4) is 0 Å². The summed E-state index contributed by atoms with van der Waals surface area (Å²) in [6.45, 7) is 5.00. The lowest BCUT2D eigenvalue weighted by atomic mass is 10.1. The topological polar surface area (TPSA) is 20.3 Å². The maximum absolute atomic E-state index is 13.3. The van der Waals surface area contributed by atoms with Crippen molar-refractivity contribution < 1.29 is 9.18 Å². The van der Waals surface area contributed by atoms with Crippen molar-refractivity contribution in [3.8, 4) is 0 Å². The van der Waals surface area contributed by atoms with Gasteiger partial charge >= 0.3 is 0 Å². The lowest BCUT2D eigenvalue weighted by molar-refractivity contribution is 0.0655. The minimum atomic E-state index is -0.335. The van der Waals surface area contributed by atoms with E-state index in [1.807, 2.05) is 4.90 Å². The van der Waals surface area contributed by atoms with Gasteiger partial charge in [-0.3, -0.25) is 4.79 Å². The fraction of sp³-hybridized carbons (Fsp3) is 0.562. The van der Waals surface area contributed by atoms with E-state index in [4.69, 9.17) is 0 Å². The molecule has 0 spiro atoms. The van der Waals surface area contributed by atoms with Crippen LogP contribution >= 0.6 is 15.9 Å². The van der Waals surface area contributed by atoms with Gasteiger partial charge in [-0.25, -0.2) is 4.39 Å². The molecule has 2 nitrogen and oxygen atoms in total. The number of carbonyl (C=O) groups excluding carboxylic acids is 1. The van der Waals surface area contributed by atoms with Crippen molar-refractivity contribution in [1.82, 2.24) is 4.90 Å². The van der Waals surface area contributed by atoms with Crippen molar-refractivity contribution in [3.05, 3.63) is 34.1 Å². The van der Waals surface area contributed by atoms with Crippen LogP contribution in [-0.2, 0) is 0 Å². The second-order valence-corrected chi connectivity index (χ2v) is 6.77. The molecule has 1 saturated carbocycles. The Kier molecular flexibility index (Phi) is 5.19. The average Bonchev–Trinajstić information content (AvgIpc) is 2.92. The van der Waals surface area contributed by atoms with Gasteiger partial charge in [0, 0.05) is 18.2 Å². The van der Waals surface area contributed by atoms with E-state index in [0.717, 1.165) is 19.4 Å². The van der Waals surface area contributed by atoms with Crippen LogP contribution in [0.1, 0.15) is 49.9 Å². The number of amides is 1. The molecule has 1 aliphatic carbocycles. The van der Waals surface area contributed by atoms with Gasteiger partial charge in [0.05, 0.1) is 4.47 Å². The molecule has 4 heteroatoms. The highest BCUT2D eigenvalue weighted by atomic mass is 79.9. The zero-order valence-corrected chi connectivity index (χ0v) is 13.6. The first kappa shape index (κ1) is 15.5. The summed E-state index contributed by atoms with van der Waals surface area (Å²) in [4.78, 5) is 14.7. The summed E-state index contributed by atoms with van der Waals surface area (Å²) in [7, 11) is 0. The van der Waals surface area contributed by atoms with Crippen molar-refractivity contribution >= 4 is 21.8 Å². The highest BCUT2D eigenvalue weighted by molar-refractivity contribution is 9.10. The maximum Gasteiger partial charge on any atom is 0.254 e. The largest absolute Gasteiger partial charge is 0.335 e. The molecule has 2 rings (SSSR count). The molecule has 110 valence electrons. The predicted octanol–water partition coefficient (Wildman–Crippen LogP) is 4.63. The van der Waals surface area contributed by atoms with Crippen molar-refractivity contribution in [2.45, 2.75) is 45.6 Å². The normalized spacial score (nSPS) is 15.8. The van der Waals surface area contributed by atoms with Crippen LogP contribution in [0.15, 0.2) is 22.7 Å². The van der Waals surface area contributed by atoms with Crippen LogP contribution in [-0.4, -0.2) is 23.4 Å². The van der Waals surface area contributed by atoms with Crippen LogP contribution in [0.5, 0.6) is 0 Å². The summed E-state index contributed by atoms with van der Waals surface area (Å²) >= 11 is 3.15. The summed E-state index contributed by atoms with van der Waals surface area (Å²) in [6.07, 6.45) is 4.56. The lowest BCUT2D eigenvalue weighted by Crippen LogP contribution is -2.41. The van der Waals surface area contributed by atoms with Crippen LogP contribution in [0.25, 0.3) is 0 Å².